The van der Waals surface area contributed by atoms with Crippen molar-refractivity contribution in [2.45, 2.75) is 165 Å². The summed E-state index contributed by atoms with van der Waals surface area (Å²) in [7, 11) is 0. The summed E-state index contributed by atoms with van der Waals surface area (Å²) in [6.45, 7) is 2.68. The van der Waals surface area contributed by atoms with E-state index >= 15 is 0 Å². The van der Waals surface area contributed by atoms with Crippen molar-refractivity contribution in [1.82, 2.24) is 39.9 Å². The van der Waals surface area contributed by atoms with Crippen LogP contribution in [0.15, 0.2) is 204 Å². The molecule has 12 heterocycles. The van der Waals surface area contributed by atoms with E-state index < -0.39 is 0 Å². The van der Waals surface area contributed by atoms with E-state index in [0.29, 0.717) is 29.6 Å². The smallest absolute Gasteiger partial charge is 0.0704 e. The molecule has 0 amide bonds. The summed E-state index contributed by atoms with van der Waals surface area (Å²) in [5.74, 6) is 2.61. The van der Waals surface area contributed by atoms with Gasteiger partial charge < -0.3 is 30.6 Å². The minimum atomic E-state index is 0. The van der Waals surface area contributed by atoms with Gasteiger partial charge in [-0.05, 0) is 202 Å². The second kappa shape index (κ2) is 37.0. The maximum Gasteiger partial charge on any atom is 0.0704 e. The van der Waals surface area contributed by atoms with Gasteiger partial charge in [-0.25, -0.2) is 19.9 Å². The molecule has 14 heteroatoms. The first-order valence-electron chi connectivity index (χ1n) is 41.6. The van der Waals surface area contributed by atoms with Gasteiger partial charge in [-0.15, -0.1) is 63.8 Å². The van der Waals surface area contributed by atoms with E-state index in [9.17, 15) is 0 Å². The Balaban J connectivity index is 0.000000142. The van der Waals surface area contributed by atoms with Crippen molar-refractivity contribution in [3.05, 3.63) is 272 Å². The van der Waals surface area contributed by atoms with E-state index in [1.165, 1.54) is 151 Å². The fourth-order valence-corrected chi connectivity index (χ4v) is 18.8. The van der Waals surface area contributed by atoms with Crippen molar-refractivity contribution in [2.75, 3.05) is 19.6 Å². The largest absolute Gasteiger partial charge is 0.687 e. The van der Waals surface area contributed by atoms with Crippen LogP contribution in [-0.2, 0) is 39.0 Å². The Morgan fingerprint density at radius 1 is 0.289 bits per heavy atom. The Labute approximate surface area is 696 Å². The van der Waals surface area contributed by atoms with Crippen molar-refractivity contribution in [1.29, 1.82) is 0 Å². The number of hydrogen-bond donors (Lipinski definition) is 0. The van der Waals surface area contributed by atoms with Gasteiger partial charge in [-0.1, -0.05) is 272 Å². The fraction of sp³-hybridized carbons (Fsp3) is 0.300. The average Bonchev–Trinajstić information content (AvgIpc) is 1.61. The molecule has 0 radical (unpaired) electrons. The minimum absolute atomic E-state index is 0. The standard InChI is InChI=1S/C44H52N4.C44H28N4.C12H16N4.2Zn/c2*1-5-13-29(14-6-1)41-33-21-23-35(45-33)42(30-15-7-2-8-16-30)37-25-27-39(47-37)44(32-19-11-4-12-20-32)40-28-26-38(48-40)43(31-17-9-3-10-18-31)36-24-22-34(41)46-36;1-5-13-6-2-11(1)9-15-16-10-12-3-7-14-8-4-12;;/h21-32H,1-20H2;1-28H;1-2,5,9-10,12H,3-4,6-8H2;;/q3*-2;;. The maximum atomic E-state index is 5.57. The fourth-order valence-electron chi connectivity index (χ4n) is 18.8. The zero-order valence-corrected chi connectivity index (χ0v) is 71.5. The summed E-state index contributed by atoms with van der Waals surface area (Å²) in [5, 5.41) is 16.5. The third-order valence-corrected chi connectivity index (χ3v) is 24.4. The molecule has 0 unspecified atom stereocenters. The summed E-state index contributed by atoms with van der Waals surface area (Å²) in [6.07, 6.45) is 55.1. The van der Waals surface area contributed by atoms with Gasteiger partial charge in [-0.2, -0.15) is 16.4 Å². The van der Waals surface area contributed by atoms with Gasteiger partial charge in [0.2, 0.25) is 0 Å². The van der Waals surface area contributed by atoms with Gasteiger partial charge in [-0.3, -0.25) is 0 Å². The monoisotopic (exact) mass is 1590 g/mol. The van der Waals surface area contributed by atoms with E-state index in [1.54, 1.807) is 12.4 Å². The molecule has 6 aromatic heterocycles. The Bertz CT molecular complexity index is 5050. The Hall–Kier alpha value is -10.1. The molecule has 4 aliphatic carbocycles. The van der Waals surface area contributed by atoms with Crippen LogP contribution >= 0.6 is 0 Å². The molecule has 10 aromatic rings. The molecule has 20 rings (SSSR count). The van der Waals surface area contributed by atoms with Crippen LogP contribution in [-0.4, -0.2) is 52.0 Å². The summed E-state index contributed by atoms with van der Waals surface area (Å²) >= 11 is 0. The van der Waals surface area contributed by atoms with E-state index in [-0.39, 0.29) is 39.0 Å². The average molecular weight is 1600 g/mol. The zero-order valence-electron chi connectivity index (χ0n) is 65.5. The molecule has 5 fully saturated rings. The molecule has 566 valence electrons. The SMILES string of the molecule is C1=CC(C=NN=CC2CC[N-]CC2)=CC[N-]1.C1=Cc2nc1c(-c1ccccc1)c1ccc([n-]1)c(-c1ccccc1)c1nc(c(-c3ccccc3)c3ccc([n-]3)c2-c2ccccc2)C=C1.C1=Cc2nc1c(C1CCCCC1)c1ccc([n-]1)c(C1CCCCC1)c1nc(c(C3CCCCC3)c3ccc([n-]3)c2C2CCCCC2)C=C1.[Zn].[Zn]. The number of allylic oxidation sites excluding steroid dienone is 2. The topological polar surface area (TPSA) is 161 Å². The Kier molecular flexibility index (Phi) is 25.3. The molecule has 0 N–H and O–H groups in total. The molecule has 1 saturated heterocycles. The number of benzene rings is 4. The molecule has 6 aliphatic heterocycles. The summed E-state index contributed by atoms with van der Waals surface area (Å²) in [5.41, 5.74) is 30.8. The maximum absolute atomic E-state index is 5.57. The van der Waals surface area contributed by atoms with E-state index in [0.717, 1.165) is 172 Å². The normalized spacial score (nSPS) is 17.4. The van der Waals surface area contributed by atoms with E-state index in [1.807, 2.05) is 42.6 Å². The second-order valence-electron chi connectivity index (χ2n) is 31.6. The first-order chi connectivity index (χ1) is 55.5. The quantitative estimate of drug-likeness (QED) is 0.0702. The molecule has 0 spiro atoms. The van der Waals surface area contributed by atoms with Gasteiger partial charge in [0.05, 0.1) is 51.8 Å². The predicted molar refractivity (Wildman–Crippen MR) is 467 cm³/mol. The number of nitrogens with zero attached hydrogens (tertiary/aromatic N) is 12. The van der Waals surface area contributed by atoms with E-state index in [2.05, 4.69) is 215 Å². The van der Waals surface area contributed by atoms with Gasteiger partial charge >= 0.3 is 0 Å². The van der Waals surface area contributed by atoms with Crippen LogP contribution in [0, 0.1) is 5.92 Å². The summed E-state index contributed by atoms with van der Waals surface area (Å²) in [6, 6.07) is 59.3. The van der Waals surface area contributed by atoms with Crippen molar-refractivity contribution in [3.63, 3.8) is 0 Å². The van der Waals surface area contributed by atoms with Crippen molar-refractivity contribution in [3.8, 4) is 44.5 Å². The predicted octanol–water partition coefficient (Wildman–Crippen LogP) is 25.3. The van der Waals surface area contributed by atoms with Crippen LogP contribution in [0.5, 0.6) is 0 Å². The zero-order chi connectivity index (χ0) is 74.8. The van der Waals surface area contributed by atoms with Crippen LogP contribution in [0.2, 0.25) is 0 Å². The van der Waals surface area contributed by atoms with Gasteiger partial charge in [0.25, 0.3) is 0 Å². The molecule has 4 aromatic carbocycles. The van der Waals surface area contributed by atoms with Crippen molar-refractivity contribution < 1.29 is 39.0 Å². The first kappa shape index (κ1) is 77.8. The molecule has 10 aliphatic rings. The van der Waals surface area contributed by atoms with Crippen LogP contribution in [0.25, 0.3) is 148 Å². The van der Waals surface area contributed by atoms with E-state index in [4.69, 9.17) is 39.9 Å². The molecule has 0 atom stereocenters. The molecular formula is C100H96N12Zn2-6. The number of rotatable bonds is 11. The van der Waals surface area contributed by atoms with Crippen LogP contribution < -0.4 is 19.9 Å². The van der Waals surface area contributed by atoms with Crippen LogP contribution in [0.4, 0.5) is 0 Å². The molecular weight excluding hydrogens is 1500 g/mol. The Morgan fingerprint density at radius 2 is 0.570 bits per heavy atom. The van der Waals surface area contributed by atoms with Gasteiger partial charge in [0, 0.05) is 45.2 Å². The third kappa shape index (κ3) is 17.3. The minimum Gasteiger partial charge on any atom is -0.687 e. The number of hydrogen-bond acceptors (Lipinski definition) is 6. The van der Waals surface area contributed by atoms with Crippen molar-refractivity contribution in [2.24, 2.45) is 16.1 Å². The number of fused-ring (bicyclic) bond motifs is 16. The molecule has 12 nitrogen and oxygen atoms in total. The van der Waals surface area contributed by atoms with Gasteiger partial charge in [0.15, 0.2) is 0 Å². The Morgan fingerprint density at radius 3 is 0.868 bits per heavy atom. The molecule has 16 bridgehead atoms. The summed E-state index contributed by atoms with van der Waals surface area (Å²) in [4.78, 5) is 43.5. The molecule has 4 saturated carbocycles. The number of aromatic nitrogens is 8. The van der Waals surface area contributed by atoms with Crippen molar-refractivity contribution >= 4 is 105 Å². The second-order valence-corrected chi connectivity index (χ2v) is 31.6. The van der Waals surface area contributed by atoms with Gasteiger partial charge in [0.1, 0.15) is 0 Å². The molecule has 114 heavy (non-hydrogen) atoms. The number of piperidine rings is 1. The first-order valence-corrected chi connectivity index (χ1v) is 41.6. The summed E-state index contributed by atoms with van der Waals surface area (Å²) < 4.78 is 0. The van der Waals surface area contributed by atoms with Crippen LogP contribution in [0.1, 0.15) is 233 Å². The van der Waals surface area contributed by atoms with Crippen LogP contribution in [0.3, 0.4) is 0 Å². The third-order valence-electron chi connectivity index (χ3n) is 24.4.